The van der Waals surface area contributed by atoms with E-state index >= 15 is 0 Å². The van der Waals surface area contributed by atoms with Crippen LogP contribution in [0.4, 0.5) is 0 Å². The summed E-state index contributed by atoms with van der Waals surface area (Å²) >= 11 is 6.08. The van der Waals surface area contributed by atoms with Crippen LogP contribution < -0.4 is 10.1 Å². The van der Waals surface area contributed by atoms with Crippen LogP contribution in [0.1, 0.15) is 24.5 Å². The molecule has 1 N–H and O–H groups in total. The molecule has 0 saturated carbocycles. The topological polar surface area (TPSA) is 47.6 Å². The Morgan fingerprint density at radius 3 is 3.16 bits per heavy atom. The fraction of sp³-hybridized carbons (Fsp3) is 0.500. The molecule has 1 aliphatic heterocycles. The first kappa shape index (κ1) is 14.2. The van der Waals surface area contributed by atoms with Gasteiger partial charge in [-0.2, -0.15) is 0 Å². The molecule has 5 heteroatoms. The lowest BCUT2D eigenvalue weighted by Crippen LogP contribution is -2.19. The van der Waals surface area contributed by atoms with Crippen LogP contribution in [-0.4, -0.2) is 25.7 Å². The van der Waals surface area contributed by atoms with Gasteiger partial charge in [-0.15, -0.1) is 0 Å². The van der Waals surface area contributed by atoms with Gasteiger partial charge in [0.2, 0.25) is 0 Å². The molecule has 0 bridgehead atoms. The molecule has 1 aliphatic rings. The second-order valence-electron chi connectivity index (χ2n) is 4.38. The highest BCUT2D eigenvalue weighted by Crippen LogP contribution is 2.32. The first-order valence-corrected chi connectivity index (χ1v) is 6.89. The molecule has 4 nitrogen and oxygen atoms in total. The molecule has 0 saturated heterocycles. The average molecular weight is 284 g/mol. The number of carbonyl (C=O) groups is 1. The summed E-state index contributed by atoms with van der Waals surface area (Å²) in [6, 6.07) is 3.86. The van der Waals surface area contributed by atoms with Crippen LogP contribution in [0.15, 0.2) is 12.1 Å². The maximum Gasteiger partial charge on any atom is 0.307 e. The second-order valence-corrected chi connectivity index (χ2v) is 4.82. The van der Waals surface area contributed by atoms with Crippen molar-refractivity contribution in [3.05, 3.63) is 28.3 Å². The van der Waals surface area contributed by atoms with Crippen LogP contribution >= 0.6 is 11.6 Å². The van der Waals surface area contributed by atoms with Crippen LogP contribution in [0, 0.1) is 0 Å². The summed E-state index contributed by atoms with van der Waals surface area (Å²) in [6.45, 7) is 4.17. The molecule has 1 aromatic rings. The van der Waals surface area contributed by atoms with E-state index in [9.17, 15) is 4.79 Å². The van der Waals surface area contributed by atoms with Crippen molar-refractivity contribution in [1.82, 2.24) is 5.32 Å². The molecule has 1 heterocycles. The highest BCUT2D eigenvalue weighted by atomic mass is 35.5. The summed E-state index contributed by atoms with van der Waals surface area (Å²) in [5.41, 5.74) is 2.21. The lowest BCUT2D eigenvalue weighted by atomic mass is 10.1. The maximum atomic E-state index is 11.2. The van der Waals surface area contributed by atoms with Crippen molar-refractivity contribution in [2.45, 2.75) is 26.3 Å². The minimum Gasteiger partial charge on any atom is -0.493 e. The summed E-state index contributed by atoms with van der Waals surface area (Å²) in [6.07, 6.45) is 1.28. The maximum absolute atomic E-state index is 11.2. The van der Waals surface area contributed by atoms with Gasteiger partial charge in [-0.3, -0.25) is 4.79 Å². The molecule has 0 aliphatic carbocycles. The molecule has 0 spiro atoms. The van der Waals surface area contributed by atoms with E-state index in [0.717, 1.165) is 28.3 Å². The van der Waals surface area contributed by atoms with E-state index in [1.54, 1.807) is 6.92 Å². The van der Waals surface area contributed by atoms with Crippen molar-refractivity contribution in [3.63, 3.8) is 0 Å². The summed E-state index contributed by atoms with van der Waals surface area (Å²) in [5, 5.41) is 3.94. The first-order chi connectivity index (χ1) is 9.20. The van der Waals surface area contributed by atoms with Crippen molar-refractivity contribution in [1.29, 1.82) is 0 Å². The Hall–Kier alpha value is -1.26. The minimum absolute atomic E-state index is 0.178. The van der Waals surface area contributed by atoms with Gasteiger partial charge in [0.25, 0.3) is 0 Å². The molecule has 0 fully saturated rings. The van der Waals surface area contributed by atoms with Gasteiger partial charge in [-0.25, -0.2) is 0 Å². The van der Waals surface area contributed by atoms with Crippen molar-refractivity contribution in [3.8, 4) is 5.75 Å². The normalized spacial score (nSPS) is 12.9. The van der Waals surface area contributed by atoms with Gasteiger partial charge in [0.1, 0.15) is 5.75 Å². The number of rotatable bonds is 6. The number of benzene rings is 1. The molecule has 19 heavy (non-hydrogen) atoms. The number of hydrogen-bond donors (Lipinski definition) is 1. The van der Waals surface area contributed by atoms with Crippen LogP contribution in [0.25, 0.3) is 0 Å². The number of ether oxygens (including phenoxy) is 2. The van der Waals surface area contributed by atoms with E-state index in [1.807, 2.05) is 12.1 Å². The Morgan fingerprint density at radius 1 is 1.53 bits per heavy atom. The number of hydrogen-bond acceptors (Lipinski definition) is 4. The fourth-order valence-electron chi connectivity index (χ4n) is 2.12. The number of halogens is 1. The standard InChI is InChI=1S/C14H18ClNO3/c1-2-18-13(17)3-5-16-9-11-8-12(15)7-10-4-6-19-14(10)11/h7-8,16H,2-6,9H2,1H3. The van der Waals surface area contributed by atoms with Gasteiger partial charge in [0, 0.05) is 30.1 Å². The van der Waals surface area contributed by atoms with Crippen molar-refractivity contribution in [2.24, 2.45) is 0 Å². The molecule has 1 aromatic carbocycles. The molecular formula is C14H18ClNO3. The molecular weight excluding hydrogens is 266 g/mol. The van der Waals surface area contributed by atoms with E-state index < -0.39 is 0 Å². The molecule has 0 radical (unpaired) electrons. The second kappa shape index (κ2) is 6.78. The van der Waals surface area contributed by atoms with E-state index in [4.69, 9.17) is 21.1 Å². The minimum atomic E-state index is -0.178. The smallest absolute Gasteiger partial charge is 0.307 e. The van der Waals surface area contributed by atoms with Crippen LogP contribution in [0.3, 0.4) is 0 Å². The fourth-order valence-corrected chi connectivity index (χ4v) is 2.39. The predicted octanol–water partition coefficient (Wildman–Crippen LogP) is 2.32. The highest BCUT2D eigenvalue weighted by molar-refractivity contribution is 6.30. The van der Waals surface area contributed by atoms with Gasteiger partial charge >= 0.3 is 5.97 Å². The Bertz CT molecular complexity index is 462. The van der Waals surface area contributed by atoms with Crippen LogP contribution in [0.2, 0.25) is 5.02 Å². The largest absolute Gasteiger partial charge is 0.493 e. The molecule has 0 unspecified atom stereocenters. The van der Waals surface area contributed by atoms with Crippen molar-refractivity contribution < 1.29 is 14.3 Å². The Kier molecular flexibility index (Phi) is 5.05. The van der Waals surface area contributed by atoms with Crippen LogP contribution in [-0.2, 0) is 22.5 Å². The zero-order valence-electron chi connectivity index (χ0n) is 11.0. The van der Waals surface area contributed by atoms with Gasteiger partial charge in [0.05, 0.1) is 19.6 Å². The van der Waals surface area contributed by atoms with E-state index in [2.05, 4.69) is 5.32 Å². The molecule has 0 amide bonds. The summed E-state index contributed by atoms with van der Waals surface area (Å²) in [7, 11) is 0. The lowest BCUT2D eigenvalue weighted by Gasteiger charge is -2.10. The Labute approximate surface area is 118 Å². The van der Waals surface area contributed by atoms with Crippen molar-refractivity contribution in [2.75, 3.05) is 19.8 Å². The summed E-state index contributed by atoms with van der Waals surface area (Å²) < 4.78 is 10.5. The summed E-state index contributed by atoms with van der Waals surface area (Å²) in [5.74, 6) is 0.760. The van der Waals surface area contributed by atoms with Gasteiger partial charge in [-0.1, -0.05) is 11.6 Å². The third kappa shape index (κ3) is 3.85. The Balaban J connectivity index is 1.85. The third-order valence-electron chi connectivity index (χ3n) is 2.95. The molecule has 0 aromatic heterocycles. The van der Waals surface area contributed by atoms with Crippen LogP contribution in [0.5, 0.6) is 5.75 Å². The molecule has 0 atom stereocenters. The summed E-state index contributed by atoms with van der Waals surface area (Å²) in [4.78, 5) is 11.2. The van der Waals surface area contributed by atoms with E-state index in [-0.39, 0.29) is 5.97 Å². The van der Waals surface area contributed by atoms with Gasteiger partial charge in [0.15, 0.2) is 0 Å². The van der Waals surface area contributed by atoms with Gasteiger partial charge < -0.3 is 14.8 Å². The SMILES string of the molecule is CCOC(=O)CCNCc1cc(Cl)cc2c1OCC2. The first-order valence-electron chi connectivity index (χ1n) is 6.51. The average Bonchev–Trinajstić information content (AvgIpc) is 2.82. The van der Waals surface area contributed by atoms with Crippen molar-refractivity contribution >= 4 is 17.6 Å². The highest BCUT2D eigenvalue weighted by Gasteiger charge is 2.17. The van der Waals surface area contributed by atoms with E-state index in [0.29, 0.717) is 32.7 Å². The number of nitrogens with one attached hydrogen (secondary N) is 1. The zero-order chi connectivity index (χ0) is 13.7. The quantitative estimate of drug-likeness (QED) is 0.643. The molecule has 104 valence electrons. The third-order valence-corrected chi connectivity index (χ3v) is 3.17. The Morgan fingerprint density at radius 2 is 2.37 bits per heavy atom. The lowest BCUT2D eigenvalue weighted by molar-refractivity contribution is -0.142. The monoisotopic (exact) mass is 283 g/mol. The number of carbonyl (C=O) groups excluding carboxylic acids is 1. The molecule has 2 rings (SSSR count). The zero-order valence-corrected chi connectivity index (χ0v) is 11.8. The number of esters is 1. The predicted molar refractivity (Wildman–Crippen MR) is 73.6 cm³/mol. The van der Waals surface area contributed by atoms with Gasteiger partial charge in [-0.05, 0) is 24.6 Å². The number of fused-ring (bicyclic) bond motifs is 1. The van der Waals surface area contributed by atoms with E-state index in [1.165, 1.54) is 0 Å².